The number of hydrogen-bond acceptors (Lipinski definition) is 4. The highest BCUT2D eigenvalue weighted by Gasteiger charge is 2.22. The number of rotatable bonds is 8. The van der Waals surface area contributed by atoms with Crippen LogP contribution in [0, 0.1) is 11.8 Å². The van der Waals surface area contributed by atoms with Gasteiger partial charge in [-0.05, 0) is 24.7 Å². The van der Waals surface area contributed by atoms with E-state index in [1.165, 1.54) is 32.1 Å². The van der Waals surface area contributed by atoms with Gasteiger partial charge in [-0.25, -0.2) is 0 Å². The number of amides is 1. The smallest absolute Gasteiger partial charge is 0.234 e. The van der Waals surface area contributed by atoms with E-state index in [4.69, 9.17) is 4.74 Å². The first-order valence-electron chi connectivity index (χ1n) is 10.6. The number of carbonyl (C=O) groups is 1. The summed E-state index contributed by atoms with van der Waals surface area (Å²) in [7, 11) is 3.50. The summed E-state index contributed by atoms with van der Waals surface area (Å²) in [6, 6.07) is 0. The fraction of sp³-hybridized carbons (Fsp3) is 0.900. The van der Waals surface area contributed by atoms with Gasteiger partial charge in [-0.15, -0.1) is 24.0 Å². The maximum atomic E-state index is 11.9. The lowest BCUT2D eigenvalue weighted by Gasteiger charge is -2.36. The van der Waals surface area contributed by atoms with Gasteiger partial charge in [0.05, 0.1) is 13.2 Å². The maximum Gasteiger partial charge on any atom is 0.234 e. The molecule has 2 N–H and O–H groups in total. The SMILES string of the molecule is CN=C(NCCC1CCCC(C)C1)N1CCN(CC(=O)NCCOC)CC1.I. The van der Waals surface area contributed by atoms with Gasteiger partial charge in [0.25, 0.3) is 0 Å². The van der Waals surface area contributed by atoms with Gasteiger partial charge in [0.15, 0.2) is 5.96 Å². The molecular weight excluding hydrogens is 469 g/mol. The molecule has 8 heteroatoms. The van der Waals surface area contributed by atoms with Crippen molar-refractivity contribution in [3.63, 3.8) is 0 Å². The van der Waals surface area contributed by atoms with E-state index in [9.17, 15) is 4.79 Å². The summed E-state index contributed by atoms with van der Waals surface area (Å²) in [5.74, 6) is 2.84. The summed E-state index contributed by atoms with van der Waals surface area (Å²) in [4.78, 5) is 20.9. The van der Waals surface area contributed by atoms with E-state index in [1.807, 2.05) is 7.05 Å². The van der Waals surface area contributed by atoms with Crippen molar-refractivity contribution in [1.82, 2.24) is 20.4 Å². The molecule has 1 saturated heterocycles. The van der Waals surface area contributed by atoms with Gasteiger partial charge in [-0.1, -0.05) is 26.2 Å². The maximum absolute atomic E-state index is 11.9. The Morgan fingerprint density at radius 2 is 1.89 bits per heavy atom. The zero-order valence-corrected chi connectivity index (χ0v) is 20.2. The number of ether oxygens (including phenoxy) is 1. The Kier molecular flexibility index (Phi) is 13.1. The molecule has 1 saturated carbocycles. The van der Waals surface area contributed by atoms with E-state index in [-0.39, 0.29) is 29.9 Å². The van der Waals surface area contributed by atoms with Crippen LogP contribution in [0.5, 0.6) is 0 Å². The van der Waals surface area contributed by atoms with Crippen LogP contribution in [-0.2, 0) is 9.53 Å². The molecule has 2 fully saturated rings. The Morgan fingerprint density at radius 3 is 2.54 bits per heavy atom. The predicted molar refractivity (Wildman–Crippen MR) is 125 cm³/mol. The molecule has 0 spiro atoms. The molecule has 2 unspecified atom stereocenters. The Morgan fingerprint density at radius 1 is 1.14 bits per heavy atom. The largest absolute Gasteiger partial charge is 0.383 e. The third-order valence-electron chi connectivity index (χ3n) is 5.76. The molecule has 0 aromatic heterocycles. The molecule has 164 valence electrons. The third-order valence-corrected chi connectivity index (χ3v) is 5.76. The number of guanidine groups is 1. The second kappa shape index (κ2) is 14.4. The van der Waals surface area contributed by atoms with Gasteiger partial charge >= 0.3 is 0 Å². The summed E-state index contributed by atoms with van der Waals surface area (Å²) in [6.45, 7) is 8.58. The quantitative estimate of drug-likeness (QED) is 0.226. The molecule has 7 nitrogen and oxygen atoms in total. The number of hydrogen-bond donors (Lipinski definition) is 2. The fourth-order valence-corrected chi connectivity index (χ4v) is 4.21. The van der Waals surface area contributed by atoms with Crippen LogP contribution < -0.4 is 10.6 Å². The van der Waals surface area contributed by atoms with Crippen molar-refractivity contribution < 1.29 is 9.53 Å². The van der Waals surface area contributed by atoms with Gasteiger partial charge in [0.2, 0.25) is 5.91 Å². The molecular formula is C20H40IN5O2. The molecule has 2 rings (SSSR count). The van der Waals surface area contributed by atoms with Gasteiger partial charge in [-0.3, -0.25) is 14.7 Å². The molecule has 1 amide bonds. The molecule has 0 radical (unpaired) electrons. The minimum Gasteiger partial charge on any atom is -0.383 e. The molecule has 2 aliphatic rings. The van der Waals surface area contributed by atoms with Crippen LogP contribution in [0.3, 0.4) is 0 Å². The molecule has 0 aromatic carbocycles. The summed E-state index contributed by atoms with van der Waals surface area (Å²) < 4.78 is 4.96. The van der Waals surface area contributed by atoms with Gasteiger partial charge in [0, 0.05) is 53.4 Å². The van der Waals surface area contributed by atoms with E-state index in [0.717, 1.165) is 50.5 Å². The highest BCUT2D eigenvalue weighted by molar-refractivity contribution is 14.0. The van der Waals surface area contributed by atoms with Crippen LogP contribution in [-0.4, -0.2) is 88.2 Å². The number of aliphatic imine (C=N–C) groups is 1. The molecule has 28 heavy (non-hydrogen) atoms. The van der Waals surface area contributed by atoms with Crippen molar-refractivity contribution in [2.24, 2.45) is 16.8 Å². The number of carbonyl (C=O) groups excluding carboxylic acids is 1. The summed E-state index contributed by atoms with van der Waals surface area (Å²) >= 11 is 0. The summed E-state index contributed by atoms with van der Waals surface area (Å²) in [5.41, 5.74) is 0. The highest BCUT2D eigenvalue weighted by Crippen LogP contribution is 2.30. The van der Waals surface area contributed by atoms with Crippen LogP contribution in [0.15, 0.2) is 4.99 Å². The first-order chi connectivity index (χ1) is 13.1. The number of methoxy groups -OCH3 is 1. The average molecular weight is 509 g/mol. The molecule has 1 heterocycles. The summed E-state index contributed by atoms with van der Waals surface area (Å²) in [6.07, 6.45) is 6.80. The Bertz CT molecular complexity index is 470. The van der Waals surface area contributed by atoms with Crippen molar-refractivity contribution in [2.45, 2.75) is 39.0 Å². The van der Waals surface area contributed by atoms with E-state index >= 15 is 0 Å². The number of nitrogens with one attached hydrogen (secondary N) is 2. The lowest BCUT2D eigenvalue weighted by Crippen LogP contribution is -2.54. The van der Waals surface area contributed by atoms with Crippen molar-refractivity contribution in [1.29, 1.82) is 0 Å². The third kappa shape index (κ3) is 9.26. The van der Waals surface area contributed by atoms with Gasteiger partial charge in [0.1, 0.15) is 0 Å². The van der Waals surface area contributed by atoms with Crippen LogP contribution in [0.25, 0.3) is 0 Å². The number of nitrogens with zero attached hydrogens (tertiary/aromatic N) is 3. The molecule has 0 bridgehead atoms. The average Bonchev–Trinajstić information content (AvgIpc) is 2.66. The van der Waals surface area contributed by atoms with Crippen molar-refractivity contribution in [2.75, 3.05) is 66.6 Å². The van der Waals surface area contributed by atoms with Gasteiger partial charge in [-0.2, -0.15) is 0 Å². The minimum absolute atomic E-state index is 0. The monoisotopic (exact) mass is 509 g/mol. The first kappa shape index (κ1) is 25.4. The van der Waals surface area contributed by atoms with Crippen LogP contribution in [0.2, 0.25) is 0 Å². The number of halogens is 1. The Hall–Kier alpha value is -0.610. The fourth-order valence-electron chi connectivity index (χ4n) is 4.21. The second-order valence-electron chi connectivity index (χ2n) is 8.01. The second-order valence-corrected chi connectivity index (χ2v) is 8.01. The lowest BCUT2D eigenvalue weighted by molar-refractivity contribution is -0.122. The van der Waals surface area contributed by atoms with Crippen molar-refractivity contribution >= 4 is 35.8 Å². The van der Waals surface area contributed by atoms with E-state index < -0.39 is 0 Å². The van der Waals surface area contributed by atoms with E-state index in [0.29, 0.717) is 19.7 Å². The summed E-state index contributed by atoms with van der Waals surface area (Å²) in [5, 5.41) is 6.44. The standard InChI is InChI=1S/C20H39N5O2.HI/c1-17-5-4-6-18(15-17)7-8-23-20(21-2)25-12-10-24(11-13-25)16-19(26)22-9-14-27-3;/h17-18H,4-16H2,1-3H3,(H,21,23)(H,22,26);1H. The highest BCUT2D eigenvalue weighted by atomic mass is 127. The van der Waals surface area contributed by atoms with E-state index in [1.54, 1.807) is 7.11 Å². The zero-order valence-electron chi connectivity index (χ0n) is 17.9. The molecule has 1 aliphatic heterocycles. The van der Waals surface area contributed by atoms with Crippen LogP contribution in [0.4, 0.5) is 0 Å². The number of piperazine rings is 1. The Balaban J connectivity index is 0.00000392. The van der Waals surface area contributed by atoms with Gasteiger partial charge < -0.3 is 20.3 Å². The topological polar surface area (TPSA) is 69.2 Å². The normalized spacial score (nSPS) is 23.8. The van der Waals surface area contributed by atoms with Crippen molar-refractivity contribution in [3.05, 3.63) is 0 Å². The molecule has 2 atom stereocenters. The van der Waals surface area contributed by atoms with Crippen LogP contribution >= 0.6 is 24.0 Å². The predicted octanol–water partition coefficient (Wildman–Crippen LogP) is 1.78. The van der Waals surface area contributed by atoms with Crippen LogP contribution in [0.1, 0.15) is 39.0 Å². The molecule has 1 aliphatic carbocycles. The molecule has 0 aromatic rings. The zero-order chi connectivity index (χ0) is 19.5. The minimum atomic E-state index is 0. The lowest BCUT2D eigenvalue weighted by atomic mass is 9.81. The van der Waals surface area contributed by atoms with Crippen molar-refractivity contribution in [3.8, 4) is 0 Å². The first-order valence-corrected chi connectivity index (χ1v) is 10.6. The Labute approximate surface area is 188 Å². The van der Waals surface area contributed by atoms with E-state index in [2.05, 4.69) is 32.3 Å².